The number of nitrogens with one attached hydrogen (secondary N) is 1. The first-order chi connectivity index (χ1) is 6.61. The van der Waals surface area contributed by atoms with Crippen molar-refractivity contribution in [2.24, 2.45) is 7.05 Å². The zero-order valence-electron chi connectivity index (χ0n) is 8.40. The quantitative estimate of drug-likeness (QED) is 0.726. The van der Waals surface area contributed by atoms with Gasteiger partial charge in [0.05, 0.1) is 5.69 Å². The molecule has 0 saturated heterocycles. The summed E-state index contributed by atoms with van der Waals surface area (Å²) >= 11 is 0. The van der Waals surface area contributed by atoms with Gasteiger partial charge in [-0.25, -0.2) is 14.8 Å². The van der Waals surface area contributed by atoms with E-state index in [1.165, 1.54) is 10.9 Å². The third-order valence-electron chi connectivity index (χ3n) is 2.26. The van der Waals surface area contributed by atoms with E-state index in [2.05, 4.69) is 15.0 Å². The number of hydrogen-bond donors (Lipinski definition) is 1. The van der Waals surface area contributed by atoms with Crippen molar-refractivity contribution in [3.8, 4) is 0 Å². The highest BCUT2D eigenvalue weighted by molar-refractivity contribution is 5.73. The summed E-state index contributed by atoms with van der Waals surface area (Å²) < 4.78 is 1.49. The van der Waals surface area contributed by atoms with Crippen molar-refractivity contribution in [2.45, 2.75) is 19.8 Å². The number of fused-ring (bicyclic) bond motifs is 1. The van der Waals surface area contributed by atoms with Crippen molar-refractivity contribution in [3.63, 3.8) is 0 Å². The minimum absolute atomic E-state index is 0.151. The zero-order chi connectivity index (χ0) is 10.3. The fourth-order valence-electron chi connectivity index (χ4n) is 1.49. The summed E-state index contributed by atoms with van der Waals surface area (Å²) in [6.07, 6.45) is 1.49. The van der Waals surface area contributed by atoms with Crippen LogP contribution in [0.1, 0.15) is 25.5 Å². The number of nitrogens with zero attached hydrogens (tertiary/aromatic N) is 3. The van der Waals surface area contributed by atoms with Crippen LogP contribution in [0, 0.1) is 0 Å². The number of aromatic amines is 1. The van der Waals surface area contributed by atoms with Gasteiger partial charge in [-0.2, -0.15) is 0 Å². The SMILES string of the molecule is CC(C)c1ncnc2c1[nH]c(=O)n2C. The van der Waals surface area contributed by atoms with Crippen LogP contribution in [0.2, 0.25) is 0 Å². The van der Waals surface area contributed by atoms with E-state index in [0.717, 1.165) is 11.2 Å². The number of hydrogen-bond acceptors (Lipinski definition) is 3. The van der Waals surface area contributed by atoms with Crippen molar-refractivity contribution in [2.75, 3.05) is 0 Å². The van der Waals surface area contributed by atoms with Crippen LogP contribution in [0.4, 0.5) is 0 Å². The van der Waals surface area contributed by atoms with Crippen LogP contribution < -0.4 is 5.69 Å². The van der Waals surface area contributed by atoms with Crippen LogP contribution in [0.25, 0.3) is 11.2 Å². The second kappa shape index (κ2) is 2.94. The summed E-state index contributed by atoms with van der Waals surface area (Å²) in [5, 5.41) is 0. The van der Waals surface area contributed by atoms with Gasteiger partial charge in [-0.05, 0) is 5.92 Å². The van der Waals surface area contributed by atoms with E-state index >= 15 is 0 Å². The van der Waals surface area contributed by atoms with E-state index in [1.807, 2.05) is 13.8 Å². The van der Waals surface area contributed by atoms with E-state index in [-0.39, 0.29) is 11.6 Å². The first-order valence-electron chi connectivity index (χ1n) is 4.51. The van der Waals surface area contributed by atoms with Crippen LogP contribution >= 0.6 is 0 Å². The van der Waals surface area contributed by atoms with Crippen LogP contribution in [0.15, 0.2) is 11.1 Å². The van der Waals surface area contributed by atoms with Gasteiger partial charge in [-0.1, -0.05) is 13.8 Å². The molecule has 0 fully saturated rings. The van der Waals surface area contributed by atoms with E-state index < -0.39 is 0 Å². The van der Waals surface area contributed by atoms with Gasteiger partial charge in [0.15, 0.2) is 5.65 Å². The molecule has 0 bridgehead atoms. The summed E-state index contributed by atoms with van der Waals surface area (Å²) in [6.45, 7) is 4.07. The molecule has 0 radical (unpaired) electrons. The van der Waals surface area contributed by atoms with Crippen LogP contribution in [0.3, 0.4) is 0 Å². The van der Waals surface area contributed by atoms with Crippen LogP contribution in [0.5, 0.6) is 0 Å². The summed E-state index contributed by atoms with van der Waals surface area (Å²) in [4.78, 5) is 22.3. The molecule has 5 heteroatoms. The lowest BCUT2D eigenvalue weighted by molar-refractivity contribution is 0.823. The van der Waals surface area contributed by atoms with E-state index in [0.29, 0.717) is 5.65 Å². The second-order valence-electron chi connectivity index (χ2n) is 3.60. The normalized spacial score (nSPS) is 11.4. The molecule has 2 aromatic rings. The van der Waals surface area contributed by atoms with Gasteiger partial charge in [-0.15, -0.1) is 0 Å². The maximum Gasteiger partial charge on any atom is 0.327 e. The molecule has 0 unspecified atom stereocenters. The summed E-state index contributed by atoms with van der Waals surface area (Å²) in [5.74, 6) is 0.276. The minimum Gasteiger partial charge on any atom is -0.303 e. The monoisotopic (exact) mass is 192 g/mol. The Morgan fingerprint density at radius 2 is 2.14 bits per heavy atom. The highest BCUT2D eigenvalue weighted by Gasteiger charge is 2.11. The minimum atomic E-state index is -0.151. The van der Waals surface area contributed by atoms with Gasteiger partial charge in [0.2, 0.25) is 0 Å². The summed E-state index contributed by atoms with van der Waals surface area (Å²) in [6, 6.07) is 0. The molecule has 74 valence electrons. The molecule has 1 N–H and O–H groups in total. The Kier molecular flexibility index (Phi) is 1.87. The number of imidazole rings is 1. The van der Waals surface area contributed by atoms with Gasteiger partial charge >= 0.3 is 5.69 Å². The Balaban J connectivity index is 2.88. The maximum absolute atomic E-state index is 11.4. The molecule has 14 heavy (non-hydrogen) atoms. The molecule has 5 nitrogen and oxygen atoms in total. The standard InChI is InChI=1S/C9H12N4O/c1-5(2)6-7-8(11-4-10-6)13(3)9(14)12-7/h4-5H,1-3H3,(H,12,14). The first kappa shape index (κ1) is 8.93. The highest BCUT2D eigenvalue weighted by Crippen LogP contribution is 2.17. The Morgan fingerprint density at radius 3 is 2.79 bits per heavy atom. The molecule has 0 aliphatic rings. The highest BCUT2D eigenvalue weighted by atomic mass is 16.1. The fraction of sp³-hybridized carbons (Fsp3) is 0.444. The van der Waals surface area contributed by atoms with Crippen molar-refractivity contribution in [1.29, 1.82) is 0 Å². The predicted molar refractivity (Wildman–Crippen MR) is 53.2 cm³/mol. The van der Waals surface area contributed by atoms with E-state index in [1.54, 1.807) is 7.05 Å². The zero-order valence-corrected chi connectivity index (χ0v) is 8.40. The Bertz CT molecular complexity index is 523. The lowest BCUT2D eigenvalue weighted by Gasteiger charge is -2.03. The van der Waals surface area contributed by atoms with Crippen LogP contribution in [-0.2, 0) is 7.05 Å². The molecule has 0 spiro atoms. The Hall–Kier alpha value is -1.65. The first-order valence-corrected chi connectivity index (χ1v) is 4.51. The molecule has 2 rings (SSSR count). The second-order valence-corrected chi connectivity index (χ2v) is 3.60. The van der Waals surface area contributed by atoms with Crippen molar-refractivity contribution >= 4 is 11.2 Å². The molecular weight excluding hydrogens is 180 g/mol. The summed E-state index contributed by atoms with van der Waals surface area (Å²) in [5.41, 5.74) is 2.14. The topological polar surface area (TPSA) is 63.6 Å². The molecule has 0 aliphatic carbocycles. The largest absolute Gasteiger partial charge is 0.327 e. The number of rotatable bonds is 1. The third kappa shape index (κ3) is 1.13. The van der Waals surface area contributed by atoms with Gasteiger partial charge in [0.1, 0.15) is 11.8 Å². The smallest absolute Gasteiger partial charge is 0.303 e. The number of H-pyrrole nitrogens is 1. The lowest BCUT2D eigenvalue weighted by Crippen LogP contribution is -2.12. The van der Waals surface area contributed by atoms with Gasteiger partial charge in [-0.3, -0.25) is 4.57 Å². The lowest BCUT2D eigenvalue weighted by atomic mass is 10.1. The molecule has 0 aliphatic heterocycles. The fourth-order valence-corrected chi connectivity index (χ4v) is 1.49. The maximum atomic E-state index is 11.4. The van der Waals surface area contributed by atoms with Crippen LogP contribution in [-0.4, -0.2) is 19.5 Å². The average Bonchev–Trinajstić information content (AvgIpc) is 2.43. The molecule has 2 heterocycles. The molecule has 0 atom stereocenters. The van der Waals surface area contributed by atoms with Crippen molar-refractivity contribution in [1.82, 2.24) is 19.5 Å². The van der Waals surface area contributed by atoms with E-state index in [4.69, 9.17) is 0 Å². The average molecular weight is 192 g/mol. The molecule has 0 saturated carbocycles. The van der Waals surface area contributed by atoms with Crippen molar-refractivity contribution in [3.05, 3.63) is 22.5 Å². The predicted octanol–water partition coefficient (Wildman–Crippen LogP) is 0.780. The third-order valence-corrected chi connectivity index (χ3v) is 2.26. The number of aryl methyl sites for hydroxylation is 1. The summed E-state index contributed by atoms with van der Waals surface area (Å²) in [7, 11) is 1.69. The van der Waals surface area contributed by atoms with Crippen molar-refractivity contribution < 1.29 is 0 Å². The molecule has 0 aromatic carbocycles. The van der Waals surface area contributed by atoms with Gasteiger partial charge in [0, 0.05) is 7.05 Å². The Labute approximate surface area is 80.8 Å². The molecule has 2 aromatic heterocycles. The molecule has 0 amide bonds. The van der Waals surface area contributed by atoms with E-state index in [9.17, 15) is 4.79 Å². The van der Waals surface area contributed by atoms with Gasteiger partial charge < -0.3 is 4.98 Å². The molecular formula is C9H12N4O. The van der Waals surface area contributed by atoms with Gasteiger partial charge in [0.25, 0.3) is 0 Å². The Morgan fingerprint density at radius 1 is 1.43 bits per heavy atom. The number of aromatic nitrogens is 4.